The maximum absolute atomic E-state index is 12.5. The zero-order valence-electron chi connectivity index (χ0n) is 13.1. The molecule has 2 bridgehead atoms. The van der Waals surface area contributed by atoms with E-state index >= 15 is 0 Å². The summed E-state index contributed by atoms with van der Waals surface area (Å²) in [5.41, 5.74) is 0.716. The second-order valence-corrected chi connectivity index (χ2v) is 8.85. The third-order valence-electron chi connectivity index (χ3n) is 4.75. The van der Waals surface area contributed by atoms with Crippen LogP contribution >= 0.6 is 34.7 Å². The molecular formula is C17H18ClN3OS2. The van der Waals surface area contributed by atoms with Crippen molar-refractivity contribution in [1.29, 1.82) is 0 Å². The first-order valence-corrected chi connectivity index (χ1v) is 10.2. The van der Waals surface area contributed by atoms with Crippen LogP contribution in [-0.4, -0.2) is 41.5 Å². The Morgan fingerprint density at radius 2 is 2.04 bits per heavy atom. The minimum Gasteiger partial charge on any atom is -0.348 e. The highest BCUT2D eigenvalue weighted by molar-refractivity contribution is 8.01. The molecule has 7 heteroatoms. The maximum atomic E-state index is 12.5. The molecule has 1 atom stereocenters. The standard InChI is InChI=1S/C17H18ClN3OS2/c18-15-10-23-17(20-15)24-13-3-1-12(2-4-13)16(22)19-14-9-21-7-5-11(14)6-8-21/h1-4,10-11,14H,5-9H2,(H,19,22)/t14-/m0/s1. The van der Waals surface area contributed by atoms with Crippen LogP contribution in [-0.2, 0) is 0 Å². The molecule has 3 fully saturated rings. The van der Waals surface area contributed by atoms with Gasteiger partial charge in [0.25, 0.3) is 5.91 Å². The largest absolute Gasteiger partial charge is 0.348 e. The van der Waals surface area contributed by atoms with Crippen LogP contribution in [0.1, 0.15) is 23.2 Å². The summed E-state index contributed by atoms with van der Waals surface area (Å²) in [4.78, 5) is 20.2. The summed E-state index contributed by atoms with van der Waals surface area (Å²) in [5.74, 6) is 0.672. The Bertz CT molecular complexity index is 726. The Hall–Kier alpha value is -1.08. The molecule has 4 nitrogen and oxygen atoms in total. The van der Waals surface area contributed by atoms with Crippen molar-refractivity contribution >= 4 is 40.6 Å². The smallest absolute Gasteiger partial charge is 0.251 e. The molecule has 4 heterocycles. The highest BCUT2D eigenvalue weighted by Crippen LogP contribution is 2.32. The number of nitrogens with one attached hydrogen (secondary N) is 1. The van der Waals surface area contributed by atoms with Gasteiger partial charge in [-0.2, -0.15) is 0 Å². The molecule has 0 unspecified atom stereocenters. The second-order valence-electron chi connectivity index (χ2n) is 6.28. The van der Waals surface area contributed by atoms with E-state index in [0.717, 1.165) is 15.8 Å². The van der Waals surface area contributed by atoms with Crippen molar-refractivity contribution in [1.82, 2.24) is 15.2 Å². The van der Waals surface area contributed by atoms with Gasteiger partial charge in [0, 0.05) is 28.4 Å². The van der Waals surface area contributed by atoms with E-state index in [9.17, 15) is 4.79 Å². The number of fused-ring (bicyclic) bond motifs is 3. The van der Waals surface area contributed by atoms with Gasteiger partial charge in [0.1, 0.15) is 5.15 Å². The van der Waals surface area contributed by atoms with E-state index in [1.165, 1.54) is 37.3 Å². The highest BCUT2D eigenvalue weighted by atomic mass is 35.5. The summed E-state index contributed by atoms with van der Waals surface area (Å²) in [6, 6.07) is 7.99. The van der Waals surface area contributed by atoms with Crippen LogP contribution < -0.4 is 5.32 Å². The molecule has 0 saturated carbocycles. The third-order valence-corrected chi connectivity index (χ3v) is 7.02. The average molecular weight is 380 g/mol. The van der Waals surface area contributed by atoms with Gasteiger partial charge < -0.3 is 10.2 Å². The van der Waals surface area contributed by atoms with E-state index in [2.05, 4.69) is 15.2 Å². The molecule has 1 N–H and O–H groups in total. The third kappa shape index (κ3) is 3.61. The molecule has 2 aromatic rings. The SMILES string of the molecule is O=C(N[C@H]1CN2CCC1CC2)c1ccc(Sc2nc(Cl)cs2)cc1. The van der Waals surface area contributed by atoms with Gasteiger partial charge in [-0.1, -0.05) is 23.4 Å². The van der Waals surface area contributed by atoms with Gasteiger partial charge in [0.2, 0.25) is 0 Å². The van der Waals surface area contributed by atoms with Gasteiger partial charge in [0.15, 0.2) is 4.34 Å². The van der Waals surface area contributed by atoms with E-state index in [-0.39, 0.29) is 5.91 Å². The first-order valence-electron chi connectivity index (χ1n) is 8.09. The monoisotopic (exact) mass is 379 g/mol. The number of nitrogens with zero attached hydrogens (tertiary/aromatic N) is 2. The lowest BCUT2D eigenvalue weighted by atomic mass is 9.84. The van der Waals surface area contributed by atoms with Gasteiger partial charge >= 0.3 is 0 Å². The number of benzene rings is 1. The fourth-order valence-electron chi connectivity index (χ4n) is 3.44. The summed E-state index contributed by atoms with van der Waals surface area (Å²) in [5, 5.41) is 5.57. The van der Waals surface area contributed by atoms with Crippen LogP contribution in [0, 0.1) is 5.92 Å². The Kier molecular flexibility index (Phi) is 4.81. The number of carbonyl (C=O) groups is 1. The first kappa shape index (κ1) is 16.4. The van der Waals surface area contributed by atoms with Crippen molar-refractivity contribution in [2.45, 2.75) is 28.1 Å². The number of aromatic nitrogens is 1. The predicted molar refractivity (Wildman–Crippen MR) is 98.1 cm³/mol. The topological polar surface area (TPSA) is 45.2 Å². The Morgan fingerprint density at radius 3 is 2.62 bits per heavy atom. The number of hydrogen-bond acceptors (Lipinski definition) is 5. The lowest BCUT2D eigenvalue weighted by molar-refractivity contribution is 0.0620. The van der Waals surface area contributed by atoms with Crippen LogP contribution in [0.4, 0.5) is 0 Å². The number of carbonyl (C=O) groups excluding carboxylic acids is 1. The second kappa shape index (κ2) is 7.04. The lowest BCUT2D eigenvalue weighted by Crippen LogP contribution is -2.57. The molecule has 0 radical (unpaired) electrons. The van der Waals surface area contributed by atoms with Gasteiger partial charge in [-0.25, -0.2) is 4.98 Å². The van der Waals surface area contributed by atoms with Crippen LogP contribution in [0.2, 0.25) is 5.15 Å². The Labute approximate surface area is 154 Å². The zero-order valence-corrected chi connectivity index (χ0v) is 15.5. The number of halogens is 1. The molecule has 3 aliphatic rings. The molecule has 126 valence electrons. The quantitative estimate of drug-likeness (QED) is 0.878. The van der Waals surface area contributed by atoms with Crippen molar-refractivity contribution in [3.05, 3.63) is 40.4 Å². The van der Waals surface area contributed by atoms with E-state index in [1.807, 2.05) is 29.6 Å². The predicted octanol–water partition coefficient (Wildman–Crippen LogP) is 3.77. The summed E-state index contributed by atoms with van der Waals surface area (Å²) in [6.07, 6.45) is 2.41. The van der Waals surface area contributed by atoms with Crippen molar-refractivity contribution in [3.63, 3.8) is 0 Å². The van der Waals surface area contributed by atoms with E-state index in [0.29, 0.717) is 22.7 Å². The number of rotatable bonds is 4. The van der Waals surface area contributed by atoms with Crippen molar-refractivity contribution in [3.8, 4) is 0 Å². The van der Waals surface area contributed by atoms with Crippen LogP contribution in [0.3, 0.4) is 0 Å². The van der Waals surface area contributed by atoms with Crippen LogP contribution in [0.15, 0.2) is 38.9 Å². The normalized spacial score (nSPS) is 25.6. The molecule has 24 heavy (non-hydrogen) atoms. The van der Waals surface area contributed by atoms with Gasteiger partial charge in [0.05, 0.1) is 0 Å². The summed E-state index contributed by atoms with van der Waals surface area (Å²) in [6.45, 7) is 3.36. The summed E-state index contributed by atoms with van der Waals surface area (Å²) in [7, 11) is 0. The average Bonchev–Trinajstić information content (AvgIpc) is 3.01. The molecule has 5 rings (SSSR count). The minimum absolute atomic E-state index is 0.0302. The molecule has 1 aromatic carbocycles. The molecule has 0 aliphatic carbocycles. The van der Waals surface area contributed by atoms with E-state index < -0.39 is 0 Å². The number of hydrogen-bond donors (Lipinski definition) is 1. The number of piperidine rings is 3. The Balaban J connectivity index is 1.38. The molecule has 3 aliphatic heterocycles. The maximum Gasteiger partial charge on any atom is 0.251 e. The lowest BCUT2D eigenvalue weighted by Gasteiger charge is -2.44. The Morgan fingerprint density at radius 1 is 1.29 bits per heavy atom. The van der Waals surface area contributed by atoms with Gasteiger partial charge in [-0.05, 0) is 56.1 Å². The van der Waals surface area contributed by atoms with Crippen LogP contribution in [0.25, 0.3) is 0 Å². The van der Waals surface area contributed by atoms with Gasteiger partial charge in [-0.15, -0.1) is 11.3 Å². The number of thiazole rings is 1. The summed E-state index contributed by atoms with van der Waals surface area (Å²) >= 11 is 8.92. The fourth-order valence-corrected chi connectivity index (χ4v) is 5.40. The fraction of sp³-hybridized carbons (Fsp3) is 0.412. The molecule has 3 saturated heterocycles. The van der Waals surface area contributed by atoms with E-state index in [1.54, 1.807) is 11.8 Å². The molecule has 1 aromatic heterocycles. The van der Waals surface area contributed by atoms with E-state index in [4.69, 9.17) is 11.6 Å². The zero-order chi connectivity index (χ0) is 16.5. The minimum atomic E-state index is 0.0302. The van der Waals surface area contributed by atoms with Crippen molar-refractivity contribution in [2.75, 3.05) is 19.6 Å². The molecule has 1 amide bonds. The van der Waals surface area contributed by atoms with Crippen molar-refractivity contribution < 1.29 is 4.79 Å². The van der Waals surface area contributed by atoms with Crippen molar-refractivity contribution in [2.24, 2.45) is 5.92 Å². The molecule has 0 spiro atoms. The van der Waals surface area contributed by atoms with Gasteiger partial charge in [-0.3, -0.25) is 4.79 Å². The number of amides is 1. The van der Waals surface area contributed by atoms with Crippen LogP contribution in [0.5, 0.6) is 0 Å². The highest BCUT2D eigenvalue weighted by Gasteiger charge is 2.34. The summed E-state index contributed by atoms with van der Waals surface area (Å²) < 4.78 is 0.907. The molecular weight excluding hydrogens is 362 g/mol. The first-order chi connectivity index (χ1) is 11.7.